The Bertz CT molecular complexity index is 524. The fourth-order valence-corrected chi connectivity index (χ4v) is 1.75. The van der Waals surface area contributed by atoms with Gasteiger partial charge in [-0.3, -0.25) is 0 Å². The normalized spacial score (nSPS) is 11.7. The lowest BCUT2D eigenvalue weighted by Gasteiger charge is -2.12. The van der Waals surface area contributed by atoms with Gasteiger partial charge >= 0.3 is 6.18 Å². The zero-order chi connectivity index (χ0) is 17.3. The maximum absolute atomic E-state index is 13.7. The summed E-state index contributed by atoms with van der Waals surface area (Å²) in [7, 11) is 0. The summed E-state index contributed by atoms with van der Waals surface area (Å²) in [4.78, 5) is 4.14. The van der Waals surface area contributed by atoms with Crippen molar-refractivity contribution in [3.8, 4) is 5.75 Å². The smallest absolute Gasteiger partial charge is 0.390 e. The van der Waals surface area contributed by atoms with E-state index < -0.39 is 18.4 Å². The molecule has 0 radical (unpaired) electrons. The van der Waals surface area contributed by atoms with Crippen LogP contribution in [0, 0.1) is 5.82 Å². The van der Waals surface area contributed by atoms with Crippen molar-refractivity contribution in [3.63, 3.8) is 0 Å². The summed E-state index contributed by atoms with van der Waals surface area (Å²) < 4.78 is 55.2. The molecule has 24 heavy (non-hydrogen) atoms. The molecule has 0 saturated carbocycles. The van der Waals surface area contributed by atoms with E-state index in [1.807, 2.05) is 0 Å². The van der Waals surface area contributed by atoms with Crippen LogP contribution in [0.5, 0.6) is 5.75 Å². The molecule has 1 rings (SSSR count). The van der Waals surface area contributed by atoms with Crippen molar-refractivity contribution in [2.24, 2.45) is 4.99 Å². The number of alkyl halides is 3. The number of rotatable bonds is 7. The van der Waals surface area contributed by atoms with Crippen molar-refractivity contribution in [2.45, 2.75) is 33.0 Å². The standard InChI is InChI=1S/C15H21F4N3O.HI/c1-3-20-14(21-8-7-15(17,18)19)22-10-11-5-6-13(23-4-2)12(16)9-11;/h5-6,9H,3-4,7-8,10H2,1-2H3,(H2,20,21,22);1H. The zero-order valence-electron chi connectivity index (χ0n) is 13.5. The summed E-state index contributed by atoms with van der Waals surface area (Å²) in [6, 6.07) is 4.47. The molecule has 0 saturated heterocycles. The second-order valence-electron chi connectivity index (χ2n) is 4.68. The highest BCUT2D eigenvalue weighted by atomic mass is 127. The Balaban J connectivity index is 0.00000529. The Morgan fingerprint density at radius 1 is 1.21 bits per heavy atom. The van der Waals surface area contributed by atoms with Crippen LogP contribution in [-0.2, 0) is 6.54 Å². The van der Waals surface area contributed by atoms with Crippen molar-refractivity contribution in [1.29, 1.82) is 0 Å². The predicted molar refractivity (Wildman–Crippen MR) is 96.5 cm³/mol. The maximum atomic E-state index is 13.7. The first-order valence-electron chi connectivity index (χ1n) is 7.36. The minimum absolute atomic E-state index is 0. The van der Waals surface area contributed by atoms with Crippen LogP contribution in [0.1, 0.15) is 25.8 Å². The first-order valence-corrected chi connectivity index (χ1v) is 7.36. The number of hydrogen-bond donors (Lipinski definition) is 2. The van der Waals surface area contributed by atoms with Crippen LogP contribution in [-0.4, -0.2) is 31.8 Å². The van der Waals surface area contributed by atoms with Crippen molar-refractivity contribution in [2.75, 3.05) is 19.7 Å². The number of ether oxygens (including phenoxy) is 1. The maximum Gasteiger partial charge on any atom is 0.390 e. The summed E-state index contributed by atoms with van der Waals surface area (Å²) in [6.45, 7) is 4.31. The molecule has 0 aliphatic carbocycles. The van der Waals surface area contributed by atoms with Crippen molar-refractivity contribution in [1.82, 2.24) is 10.6 Å². The number of benzene rings is 1. The van der Waals surface area contributed by atoms with Crippen molar-refractivity contribution in [3.05, 3.63) is 29.6 Å². The van der Waals surface area contributed by atoms with Gasteiger partial charge in [-0.15, -0.1) is 24.0 Å². The second kappa shape index (κ2) is 11.3. The van der Waals surface area contributed by atoms with Crippen molar-refractivity contribution >= 4 is 29.9 Å². The lowest BCUT2D eigenvalue weighted by atomic mass is 10.2. The quantitative estimate of drug-likeness (QED) is 0.280. The van der Waals surface area contributed by atoms with Gasteiger partial charge in [0.1, 0.15) is 0 Å². The summed E-state index contributed by atoms with van der Waals surface area (Å²) >= 11 is 0. The third-order valence-electron chi connectivity index (χ3n) is 2.76. The van der Waals surface area contributed by atoms with Crippen LogP contribution >= 0.6 is 24.0 Å². The zero-order valence-corrected chi connectivity index (χ0v) is 15.9. The van der Waals surface area contributed by atoms with Gasteiger partial charge in [-0.2, -0.15) is 13.2 Å². The first-order chi connectivity index (χ1) is 10.9. The molecular formula is C15H22F4IN3O. The summed E-state index contributed by atoms with van der Waals surface area (Å²) in [5, 5.41) is 5.43. The van der Waals surface area contributed by atoms with Crippen molar-refractivity contribution < 1.29 is 22.3 Å². The number of halogens is 5. The van der Waals surface area contributed by atoms with Gasteiger partial charge in [-0.05, 0) is 31.5 Å². The second-order valence-corrected chi connectivity index (χ2v) is 4.68. The molecule has 9 heteroatoms. The van der Waals surface area contributed by atoms with Crippen LogP contribution < -0.4 is 15.4 Å². The number of aliphatic imine (C=N–C) groups is 1. The van der Waals surface area contributed by atoms with E-state index in [9.17, 15) is 17.6 Å². The van der Waals surface area contributed by atoms with Gasteiger partial charge < -0.3 is 15.4 Å². The van der Waals surface area contributed by atoms with Gasteiger partial charge in [-0.1, -0.05) is 6.07 Å². The van der Waals surface area contributed by atoms with Crippen LogP contribution in [0.15, 0.2) is 23.2 Å². The molecule has 0 heterocycles. The van der Waals surface area contributed by atoms with E-state index in [0.717, 1.165) is 0 Å². The van der Waals surface area contributed by atoms with Gasteiger partial charge in [0, 0.05) is 13.1 Å². The summed E-state index contributed by atoms with van der Waals surface area (Å²) in [5.74, 6) is -0.0731. The Kier molecular flexibility index (Phi) is 10.7. The Labute approximate surface area is 156 Å². The van der Waals surface area contributed by atoms with Gasteiger partial charge in [-0.25, -0.2) is 9.38 Å². The van der Waals surface area contributed by atoms with E-state index >= 15 is 0 Å². The molecule has 0 unspecified atom stereocenters. The SMILES string of the molecule is CCNC(=NCc1ccc(OCC)c(F)c1)NCCC(F)(F)F.I. The molecule has 0 amide bonds. The monoisotopic (exact) mass is 463 g/mol. The molecule has 4 nitrogen and oxygen atoms in total. The Hall–Kier alpha value is -1.26. The molecule has 0 bridgehead atoms. The van der Waals surface area contributed by atoms with Gasteiger partial charge in [0.25, 0.3) is 0 Å². The molecule has 1 aromatic carbocycles. The highest BCUT2D eigenvalue weighted by Crippen LogP contribution is 2.19. The van der Waals surface area contributed by atoms with Crippen LogP contribution in [0.4, 0.5) is 17.6 Å². The highest BCUT2D eigenvalue weighted by molar-refractivity contribution is 14.0. The molecule has 0 aliphatic rings. The van der Waals surface area contributed by atoms with E-state index in [2.05, 4.69) is 15.6 Å². The molecule has 1 aromatic rings. The van der Waals surface area contributed by atoms with Crippen LogP contribution in [0.25, 0.3) is 0 Å². The van der Waals surface area contributed by atoms with Gasteiger partial charge in [0.05, 0.1) is 19.6 Å². The lowest BCUT2D eigenvalue weighted by molar-refractivity contribution is -0.132. The molecular weight excluding hydrogens is 441 g/mol. The summed E-state index contributed by atoms with van der Waals surface area (Å²) in [6.07, 6.45) is -5.17. The summed E-state index contributed by atoms with van der Waals surface area (Å²) in [5.41, 5.74) is 0.596. The lowest BCUT2D eigenvalue weighted by Crippen LogP contribution is -2.38. The molecule has 0 aliphatic heterocycles. The van der Waals surface area contributed by atoms with E-state index in [1.54, 1.807) is 19.9 Å². The van der Waals surface area contributed by atoms with Gasteiger partial charge in [0.15, 0.2) is 17.5 Å². The van der Waals surface area contributed by atoms with Gasteiger partial charge in [0.2, 0.25) is 0 Å². The van der Waals surface area contributed by atoms with E-state index in [4.69, 9.17) is 4.74 Å². The number of hydrogen-bond acceptors (Lipinski definition) is 2. The molecule has 0 fully saturated rings. The molecule has 0 aromatic heterocycles. The number of nitrogens with one attached hydrogen (secondary N) is 2. The third-order valence-corrected chi connectivity index (χ3v) is 2.76. The minimum Gasteiger partial charge on any atom is -0.491 e. The average molecular weight is 463 g/mol. The Morgan fingerprint density at radius 2 is 1.92 bits per heavy atom. The highest BCUT2D eigenvalue weighted by Gasteiger charge is 2.26. The first kappa shape index (κ1) is 22.7. The van der Waals surface area contributed by atoms with Crippen LogP contribution in [0.3, 0.4) is 0 Å². The fourth-order valence-electron chi connectivity index (χ4n) is 1.75. The predicted octanol–water partition coefficient (Wildman–Crippen LogP) is 3.85. The minimum atomic E-state index is -4.22. The topological polar surface area (TPSA) is 45.7 Å². The molecule has 2 N–H and O–H groups in total. The number of nitrogens with zero attached hydrogens (tertiary/aromatic N) is 1. The third kappa shape index (κ3) is 9.14. The number of guanidine groups is 1. The fraction of sp³-hybridized carbons (Fsp3) is 0.533. The average Bonchev–Trinajstić information content (AvgIpc) is 2.46. The van der Waals surface area contributed by atoms with Crippen LogP contribution in [0.2, 0.25) is 0 Å². The largest absolute Gasteiger partial charge is 0.491 e. The van der Waals surface area contributed by atoms with E-state index in [0.29, 0.717) is 18.7 Å². The van der Waals surface area contributed by atoms with E-state index in [-0.39, 0.29) is 48.8 Å². The molecule has 138 valence electrons. The Morgan fingerprint density at radius 3 is 2.46 bits per heavy atom. The molecule has 0 spiro atoms. The van der Waals surface area contributed by atoms with E-state index in [1.165, 1.54) is 12.1 Å². The molecule has 0 atom stereocenters.